The Balaban J connectivity index is 2.02. The molecule has 0 unspecified atom stereocenters. The van der Waals surface area contributed by atoms with Crippen molar-refractivity contribution < 1.29 is 0 Å². The van der Waals surface area contributed by atoms with E-state index in [1.807, 2.05) is 0 Å². The summed E-state index contributed by atoms with van der Waals surface area (Å²) < 4.78 is 0. The SMILES string of the molecule is CC(C)(CCN)CNCC1CCC1. The lowest BCUT2D eigenvalue weighted by Gasteiger charge is -2.29. The largest absolute Gasteiger partial charge is 0.330 e. The summed E-state index contributed by atoms with van der Waals surface area (Å²) in [7, 11) is 0. The first-order valence-electron chi connectivity index (χ1n) is 5.55. The molecule has 0 aliphatic heterocycles. The molecule has 1 rings (SSSR count). The molecular weight excluding hydrogens is 160 g/mol. The zero-order valence-electron chi connectivity index (χ0n) is 9.10. The summed E-state index contributed by atoms with van der Waals surface area (Å²) >= 11 is 0. The van der Waals surface area contributed by atoms with Crippen LogP contribution in [0.1, 0.15) is 39.5 Å². The van der Waals surface area contributed by atoms with Gasteiger partial charge in [0.2, 0.25) is 0 Å². The van der Waals surface area contributed by atoms with E-state index in [0.29, 0.717) is 5.41 Å². The van der Waals surface area contributed by atoms with E-state index in [0.717, 1.165) is 25.4 Å². The zero-order valence-corrected chi connectivity index (χ0v) is 9.10. The van der Waals surface area contributed by atoms with E-state index < -0.39 is 0 Å². The van der Waals surface area contributed by atoms with E-state index in [1.54, 1.807) is 0 Å². The Bertz CT molecular complexity index is 139. The number of hydrogen-bond donors (Lipinski definition) is 2. The fourth-order valence-electron chi connectivity index (χ4n) is 1.79. The van der Waals surface area contributed by atoms with Crippen LogP contribution in [0.5, 0.6) is 0 Å². The minimum absolute atomic E-state index is 0.374. The monoisotopic (exact) mass is 184 g/mol. The fraction of sp³-hybridized carbons (Fsp3) is 1.00. The Morgan fingerprint density at radius 3 is 2.54 bits per heavy atom. The molecule has 0 aromatic rings. The van der Waals surface area contributed by atoms with Gasteiger partial charge in [0.05, 0.1) is 0 Å². The lowest BCUT2D eigenvalue weighted by molar-refractivity contribution is 0.264. The second-order valence-electron chi connectivity index (χ2n) is 5.13. The van der Waals surface area contributed by atoms with Gasteiger partial charge in [-0.15, -0.1) is 0 Å². The molecule has 3 N–H and O–H groups in total. The van der Waals surface area contributed by atoms with Gasteiger partial charge in [-0.3, -0.25) is 0 Å². The molecule has 0 amide bonds. The molecule has 2 nitrogen and oxygen atoms in total. The summed E-state index contributed by atoms with van der Waals surface area (Å²) in [5.41, 5.74) is 5.93. The quantitative estimate of drug-likeness (QED) is 0.660. The van der Waals surface area contributed by atoms with E-state index >= 15 is 0 Å². The van der Waals surface area contributed by atoms with Crippen LogP contribution in [0.3, 0.4) is 0 Å². The van der Waals surface area contributed by atoms with Gasteiger partial charge in [-0.1, -0.05) is 20.3 Å². The van der Waals surface area contributed by atoms with Crippen LogP contribution in [0.2, 0.25) is 0 Å². The normalized spacial score (nSPS) is 18.7. The molecular formula is C11H24N2. The summed E-state index contributed by atoms with van der Waals surface area (Å²) in [6.07, 6.45) is 5.43. The Hall–Kier alpha value is -0.0800. The van der Waals surface area contributed by atoms with Crippen LogP contribution < -0.4 is 11.1 Å². The van der Waals surface area contributed by atoms with Gasteiger partial charge in [0, 0.05) is 6.54 Å². The van der Waals surface area contributed by atoms with Gasteiger partial charge in [0.25, 0.3) is 0 Å². The molecule has 0 spiro atoms. The van der Waals surface area contributed by atoms with E-state index in [9.17, 15) is 0 Å². The molecule has 0 aromatic carbocycles. The number of nitrogens with one attached hydrogen (secondary N) is 1. The van der Waals surface area contributed by atoms with Crippen molar-refractivity contribution in [2.24, 2.45) is 17.1 Å². The van der Waals surface area contributed by atoms with Crippen molar-refractivity contribution in [3.05, 3.63) is 0 Å². The average molecular weight is 184 g/mol. The van der Waals surface area contributed by atoms with E-state index in [2.05, 4.69) is 19.2 Å². The van der Waals surface area contributed by atoms with Crippen molar-refractivity contribution in [1.82, 2.24) is 5.32 Å². The van der Waals surface area contributed by atoms with Crippen molar-refractivity contribution in [1.29, 1.82) is 0 Å². The smallest absolute Gasteiger partial charge is 0.000311 e. The van der Waals surface area contributed by atoms with Crippen LogP contribution in [0.15, 0.2) is 0 Å². The summed E-state index contributed by atoms with van der Waals surface area (Å²) in [6, 6.07) is 0. The van der Waals surface area contributed by atoms with Gasteiger partial charge in [-0.2, -0.15) is 0 Å². The fourth-order valence-corrected chi connectivity index (χ4v) is 1.79. The van der Waals surface area contributed by atoms with Crippen molar-refractivity contribution >= 4 is 0 Å². The lowest BCUT2D eigenvalue weighted by atomic mass is 9.84. The molecule has 0 bridgehead atoms. The highest BCUT2D eigenvalue weighted by atomic mass is 14.9. The third-order valence-corrected chi connectivity index (χ3v) is 3.08. The maximum absolute atomic E-state index is 5.56. The number of nitrogens with two attached hydrogens (primary N) is 1. The first-order valence-corrected chi connectivity index (χ1v) is 5.55. The minimum Gasteiger partial charge on any atom is -0.330 e. The van der Waals surface area contributed by atoms with Crippen molar-refractivity contribution in [2.45, 2.75) is 39.5 Å². The van der Waals surface area contributed by atoms with Crippen LogP contribution in [0.4, 0.5) is 0 Å². The maximum atomic E-state index is 5.56. The van der Waals surface area contributed by atoms with Gasteiger partial charge >= 0.3 is 0 Å². The standard InChI is InChI=1S/C11H24N2/c1-11(2,6-7-12)9-13-8-10-4-3-5-10/h10,13H,3-9,12H2,1-2H3. The van der Waals surface area contributed by atoms with E-state index in [1.165, 1.54) is 25.8 Å². The van der Waals surface area contributed by atoms with Crippen molar-refractivity contribution in [3.63, 3.8) is 0 Å². The predicted octanol–water partition coefficient (Wildman–Crippen LogP) is 1.75. The van der Waals surface area contributed by atoms with Crippen LogP contribution >= 0.6 is 0 Å². The highest BCUT2D eigenvalue weighted by molar-refractivity contribution is 4.76. The highest BCUT2D eigenvalue weighted by Crippen LogP contribution is 2.25. The Kier molecular flexibility index (Phi) is 4.20. The second-order valence-corrected chi connectivity index (χ2v) is 5.13. The van der Waals surface area contributed by atoms with Crippen LogP contribution in [0, 0.1) is 11.3 Å². The average Bonchev–Trinajstić information content (AvgIpc) is 1.94. The van der Waals surface area contributed by atoms with Gasteiger partial charge in [0.1, 0.15) is 0 Å². The molecule has 0 heterocycles. The molecule has 1 aliphatic rings. The Morgan fingerprint density at radius 1 is 1.38 bits per heavy atom. The third kappa shape index (κ3) is 4.10. The first kappa shape index (κ1) is 11.0. The summed E-state index contributed by atoms with van der Waals surface area (Å²) in [4.78, 5) is 0. The first-order chi connectivity index (χ1) is 6.14. The van der Waals surface area contributed by atoms with Gasteiger partial charge < -0.3 is 11.1 Å². The van der Waals surface area contributed by atoms with Crippen LogP contribution in [-0.2, 0) is 0 Å². The molecule has 0 aromatic heterocycles. The van der Waals surface area contributed by atoms with Gasteiger partial charge in [-0.25, -0.2) is 0 Å². The van der Waals surface area contributed by atoms with E-state index in [4.69, 9.17) is 5.73 Å². The Morgan fingerprint density at radius 2 is 2.08 bits per heavy atom. The number of hydrogen-bond acceptors (Lipinski definition) is 2. The summed E-state index contributed by atoms with van der Waals surface area (Å²) in [5.74, 6) is 0.966. The Labute approximate surface area is 82.3 Å². The molecule has 1 fully saturated rings. The number of rotatable bonds is 6. The zero-order chi connectivity index (χ0) is 9.73. The lowest BCUT2D eigenvalue weighted by Crippen LogP contribution is -2.35. The molecule has 0 saturated heterocycles. The molecule has 0 atom stereocenters. The van der Waals surface area contributed by atoms with Crippen molar-refractivity contribution in [3.8, 4) is 0 Å². The highest BCUT2D eigenvalue weighted by Gasteiger charge is 2.19. The third-order valence-electron chi connectivity index (χ3n) is 3.08. The van der Waals surface area contributed by atoms with Gasteiger partial charge in [-0.05, 0) is 43.7 Å². The van der Waals surface area contributed by atoms with Crippen molar-refractivity contribution in [2.75, 3.05) is 19.6 Å². The van der Waals surface area contributed by atoms with Crippen LogP contribution in [0.25, 0.3) is 0 Å². The second kappa shape index (κ2) is 4.97. The predicted molar refractivity (Wildman–Crippen MR) is 57.7 cm³/mol. The van der Waals surface area contributed by atoms with E-state index in [-0.39, 0.29) is 0 Å². The molecule has 2 heteroatoms. The summed E-state index contributed by atoms with van der Waals surface area (Å²) in [5, 5.41) is 3.56. The summed E-state index contributed by atoms with van der Waals surface area (Å²) in [6.45, 7) is 7.70. The molecule has 0 radical (unpaired) electrons. The molecule has 1 aliphatic carbocycles. The molecule has 1 saturated carbocycles. The molecule has 78 valence electrons. The van der Waals surface area contributed by atoms with Crippen LogP contribution in [-0.4, -0.2) is 19.6 Å². The minimum atomic E-state index is 0.374. The van der Waals surface area contributed by atoms with Gasteiger partial charge in [0.15, 0.2) is 0 Å². The topological polar surface area (TPSA) is 38.0 Å². The molecule has 13 heavy (non-hydrogen) atoms. The maximum Gasteiger partial charge on any atom is 0.000311 e.